The summed E-state index contributed by atoms with van der Waals surface area (Å²) >= 11 is 0. The van der Waals surface area contributed by atoms with E-state index in [1.165, 1.54) is 26.8 Å². The van der Waals surface area contributed by atoms with Gasteiger partial charge in [0.15, 0.2) is 0 Å². The van der Waals surface area contributed by atoms with Gasteiger partial charge in [0.25, 0.3) is 0 Å². The van der Waals surface area contributed by atoms with Gasteiger partial charge in [0.05, 0.1) is 22.2 Å². The Morgan fingerprint density at radius 3 is 2.09 bits per heavy atom. The quantitative estimate of drug-likeness (QED) is 0.736. The molecule has 1 aliphatic rings. The van der Waals surface area contributed by atoms with Crippen LogP contribution in [0.3, 0.4) is 0 Å². The third kappa shape index (κ3) is 3.04. The Morgan fingerprint density at radius 1 is 0.913 bits per heavy atom. The van der Waals surface area contributed by atoms with Gasteiger partial charge in [-0.3, -0.25) is 0 Å². The van der Waals surface area contributed by atoms with Gasteiger partial charge in [0.1, 0.15) is 0 Å². The molecule has 0 radical (unpaired) electrons. The van der Waals surface area contributed by atoms with E-state index in [1.54, 1.807) is 0 Å². The van der Waals surface area contributed by atoms with Crippen LogP contribution in [0.15, 0.2) is 27.9 Å². The predicted molar refractivity (Wildman–Crippen MR) is 84.1 cm³/mol. The number of aromatic nitrogens is 2. The van der Waals surface area contributed by atoms with Gasteiger partial charge in [-0.15, -0.1) is 0 Å². The first-order valence-corrected chi connectivity index (χ1v) is 10.1. The van der Waals surface area contributed by atoms with Crippen LogP contribution in [0.2, 0.25) is 0 Å². The number of sulfonamides is 2. The Hall–Kier alpha value is -1.69. The number of hydrogen-bond donors (Lipinski definition) is 2. The average molecular weight is 360 g/mol. The molecule has 3 rings (SSSR count). The van der Waals surface area contributed by atoms with Crippen LogP contribution < -0.4 is 5.69 Å². The summed E-state index contributed by atoms with van der Waals surface area (Å²) in [5, 5.41) is 0. The fraction of sp³-hybridized carbons (Fsp3) is 0.417. The number of nitrogens with zero attached hydrogens (tertiary/aromatic N) is 2. The van der Waals surface area contributed by atoms with E-state index in [2.05, 4.69) is 9.97 Å². The summed E-state index contributed by atoms with van der Waals surface area (Å²) in [5.41, 5.74) is 0.526. The van der Waals surface area contributed by atoms with Gasteiger partial charge in [0.2, 0.25) is 20.0 Å². The van der Waals surface area contributed by atoms with Crippen molar-refractivity contribution in [3.05, 3.63) is 28.7 Å². The number of benzene rings is 1. The minimum Gasteiger partial charge on any atom is -0.306 e. The maximum absolute atomic E-state index is 12.6. The second-order valence-corrected chi connectivity index (χ2v) is 9.27. The summed E-state index contributed by atoms with van der Waals surface area (Å²) < 4.78 is 50.8. The summed E-state index contributed by atoms with van der Waals surface area (Å²) in [5.74, 6) is 0. The van der Waals surface area contributed by atoms with Crippen molar-refractivity contribution >= 4 is 31.1 Å². The number of rotatable bonds is 3. The second-order valence-electron chi connectivity index (χ2n) is 5.35. The van der Waals surface area contributed by atoms with Crippen LogP contribution in [0.1, 0.15) is 0 Å². The van der Waals surface area contributed by atoms with E-state index in [0.29, 0.717) is 11.0 Å². The predicted octanol–water partition coefficient (Wildman–Crippen LogP) is -0.878. The molecule has 2 heterocycles. The van der Waals surface area contributed by atoms with Crippen molar-refractivity contribution in [1.29, 1.82) is 0 Å². The molecule has 9 nitrogen and oxygen atoms in total. The van der Waals surface area contributed by atoms with Crippen LogP contribution in [0, 0.1) is 0 Å². The number of imidazole rings is 1. The van der Waals surface area contributed by atoms with E-state index in [4.69, 9.17) is 0 Å². The van der Waals surface area contributed by atoms with Gasteiger partial charge in [-0.2, -0.15) is 8.61 Å². The van der Waals surface area contributed by atoms with Crippen molar-refractivity contribution in [1.82, 2.24) is 18.6 Å². The molecule has 1 aromatic heterocycles. The molecule has 1 aliphatic heterocycles. The number of fused-ring (bicyclic) bond motifs is 1. The molecule has 1 aromatic carbocycles. The molecule has 23 heavy (non-hydrogen) atoms. The molecular weight excluding hydrogens is 344 g/mol. The van der Waals surface area contributed by atoms with Crippen molar-refractivity contribution in [2.24, 2.45) is 0 Å². The molecule has 11 heteroatoms. The Labute approximate surface area is 133 Å². The lowest BCUT2D eigenvalue weighted by molar-refractivity contribution is 0.274. The first-order chi connectivity index (χ1) is 10.7. The smallest absolute Gasteiger partial charge is 0.306 e. The zero-order valence-corrected chi connectivity index (χ0v) is 13.9. The van der Waals surface area contributed by atoms with Gasteiger partial charge in [-0.25, -0.2) is 21.6 Å². The van der Waals surface area contributed by atoms with Crippen molar-refractivity contribution in [2.75, 3.05) is 32.4 Å². The lowest BCUT2D eigenvalue weighted by Gasteiger charge is -2.32. The molecule has 1 fully saturated rings. The summed E-state index contributed by atoms with van der Waals surface area (Å²) in [4.78, 5) is 16.4. The van der Waals surface area contributed by atoms with Crippen LogP contribution in [0.25, 0.3) is 11.0 Å². The molecule has 0 unspecified atom stereocenters. The van der Waals surface area contributed by atoms with Gasteiger partial charge in [-0.05, 0) is 18.2 Å². The molecule has 0 atom stereocenters. The molecule has 2 aromatic rings. The van der Waals surface area contributed by atoms with Crippen molar-refractivity contribution in [3.8, 4) is 0 Å². The highest BCUT2D eigenvalue weighted by Gasteiger charge is 2.31. The molecule has 126 valence electrons. The minimum atomic E-state index is -3.74. The van der Waals surface area contributed by atoms with Crippen LogP contribution in [0.4, 0.5) is 0 Å². The summed E-state index contributed by atoms with van der Waals surface area (Å²) in [6.07, 6.45) is 1.10. The van der Waals surface area contributed by atoms with E-state index in [1.807, 2.05) is 0 Å². The van der Waals surface area contributed by atoms with E-state index in [-0.39, 0.29) is 31.1 Å². The SMILES string of the molecule is CS(=O)(=O)N1CCN(S(=O)(=O)c2ccc3[nH]c(=O)[nH]c3c2)CC1. The number of piperazine rings is 1. The first kappa shape index (κ1) is 16.2. The van der Waals surface area contributed by atoms with Crippen molar-refractivity contribution in [3.63, 3.8) is 0 Å². The molecule has 0 amide bonds. The highest BCUT2D eigenvalue weighted by molar-refractivity contribution is 7.89. The van der Waals surface area contributed by atoms with E-state index < -0.39 is 25.7 Å². The van der Waals surface area contributed by atoms with E-state index in [9.17, 15) is 21.6 Å². The Morgan fingerprint density at radius 2 is 1.48 bits per heavy atom. The largest absolute Gasteiger partial charge is 0.323 e. The number of H-pyrrole nitrogens is 2. The lowest BCUT2D eigenvalue weighted by Crippen LogP contribution is -2.50. The van der Waals surface area contributed by atoms with E-state index in [0.717, 1.165) is 6.26 Å². The highest BCUT2D eigenvalue weighted by atomic mass is 32.2. The fourth-order valence-electron chi connectivity index (χ4n) is 2.56. The zero-order chi connectivity index (χ0) is 16.8. The summed E-state index contributed by atoms with van der Waals surface area (Å²) in [7, 11) is -7.05. The highest BCUT2D eigenvalue weighted by Crippen LogP contribution is 2.21. The topological polar surface area (TPSA) is 123 Å². The second kappa shape index (κ2) is 5.44. The monoisotopic (exact) mass is 360 g/mol. The molecule has 1 saturated heterocycles. The van der Waals surface area contributed by atoms with Crippen LogP contribution >= 0.6 is 0 Å². The molecule has 0 aliphatic carbocycles. The molecule has 0 bridgehead atoms. The Kier molecular flexibility index (Phi) is 3.83. The molecular formula is C12H16N4O5S2. The van der Waals surface area contributed by atoms with Gasteiger partial charge >= 0.3 is 5.69 Å². The van der Waals surface area contributed by atoms with Gasteiger partial charge < -0.3 is 9.97 Å². The fourth-order valence-corrected chi connectivity index (χ4v) is 4.84. The van der Waals surface area contributed by atoms with Crippen LogP contribution in [0.5, 0.6) is 0 Å². The molecule has 2 N–H and O–H groups in total. The number of aromatic amines is 2. The Balaban J connectivity index is 1.87. The van der Waals surface area contributed by atoms with Crippen LogP contribution in [-0.4, -0.2) is 67.8 Å². The molecule has 0 saturated carbocycles. The molecule has 0 spiro atoms. The summed E-state index contributed by atoms with van der Waals surface area (Å²) in [6.45, 7) is 0.441. The van der Waals surface area contributed by atoms with Gasteiger partial charge in [-0.1, -0.05) is 0 Å². The lowest BCUT2D eigenvalue weighted by atomic mass is 10.3. The number of hydrogen-bond acceptors (Lipinski definition) is 5. The third-order valence-corrected chi connectivity index (χ3v) is 6.99. The van der Waals surface area contributed by atoms with Gasteiger partial charge in [0, 0.05) is 26.2 Å². The minimum absolute atomic E-state index is 0.0630. The first-order valence-electron chi connectivity index (χ1n) is 6.85. The van der Waals surface area contributed by atoms with Crippen molar-refractivity contribution in [2.45, 2.75) is 4.90 Å². The summed E-state index contributed by atoms with van der Waals surface area (Å²) in [6, 6.07) is 4.34. The Bertz CT molecular complexity index is 997. The average Bonchev–Trinajstić information content (AvgIpc) is 2.85. The van der Waals surface area contributed by atoms with Crippen LogP contribution in [-0.2, 0) is 20.0 Å². The standard InChI is InChI=1S/C12H16N4O5S2/c1-22(18,19)15-4-6-16(7-5-15)23(20,21)9-2-3-10-11(8-9)14-12(17)13-10/h2-3,8H,4-7H2,1H3,(H2,13,14,17). The normalized spacial score (nSPS) is 18.5. The maximum Gasteiger partial charge on any atom is 0.323 e. The maximum atomic E-state index is 12.6. The van der Waals surface area contributed by atoms with Crippen molar-refractivity contribution < 1.29 is 16.8 Å². The zero-order valence-electron chi connectivity index (χ0n) is 12.3. The third-order valence-electron chi connectivity index (χ3n) is 3.79. The van der Waals surface area contributed by atoms with E-state index >= 15 is 0 Å². The number of nitrogens with one attached hydrogen (secondary N) is 2.